The van der Waals surface area contributed by atoms with E-state index < -0.39 is 41.6 Å². The summed E-state index contributed by atoms with van der Waals surface area (Å²) in [5.41, 5.74) is 4.58. The summed E-state index contributed by atoms with van der Waals surface area (Å²) in [6.45, 7) is 1.64. The van der Waals surface area contributed by atoms with Gasteiger partial charge in [0.1, 0.15) is 6.23 Å². The summed E-state index contributed by atoms with van der Waals surface area (Å²) in [4.78, 5) is 24.9. The number of anilines is 3. The molecule has 3 amide bonds. The fourth-order valence-corrected chi connectivity index (χ4v) is 3.19. The number of amides is 3. The van der Waals surface area contributed by atoms with Gasteiger partial charge in [0.15, 0.2) is 6.10 Å². The van der Waals surface area contributed by atoms with Crippen molar-refractivity contribution in [2.24, 2.45) is 5.73 Å². The number of ether oxygens (including phenoxy) is 1. The Balaban J connectivity index is 1.71. The van der Waals surface area contributed by atoms with E-state index in [9.17, 15) is 22.8 Å². The number of urea groups is 1. The van der Waals surface area contributed by atoms with Crippen LogP contribution in [0.15, 0.2) is 42.5 Å². The number of carbonyl (C=O) groups excluding carboxylic acids is 2. The zero-order valence-electron chi connectivity index (χ0n) is 16.2. The summed E-state index contributed by atoms with van der Waals surface area (Å²) in [7, 11) is 0. The zero-order chi connectivity index (χ0) is 22.8. The molecule has 0 saturated carbocycles. The van der Waals surface area contributed by atoms with Crippen molar-refractivity contribution in [2.45, 2.75) is 25.4 Å². The fourth-order valence-electron chi connectivity index (χ4n) is 3.19. The molecule has 1 aliphatic heterocycles. The Bertz CT molecular complexity index is 1030. The van der Waals surface area contributed by atoms with Crippen LogP contribution in [-0.2, 0) is 15.7 Å². The van der Waals surface area contributed by atoms with Crippen LogP contribution in [0, 0.1) is 11.3 Å². The van der Waals surface area contributed by atoms with Gasteiger partial charge in [0.25, 0.3) is 5.91 Å². The van der Waals surface area contributed by atoms with E-state index in [4.69, 9.17) is 15.7 Å². The number of hydrogen-bond donors (Lipinski definition) is 3. The first-order valence-corrected chi connectivity index (χ1v) is 9.09. The highest BCUT2D eigenvalue weighted by Crippen LogP contribution is 2.36. The number of hydrogen-bond acceptors (Lipinski definition) is 5. The van der Waals surface area contributed by atoms with Gasteiger partial charge in [0.05, 0.1) is 23.7 Å². The van der Waals surface area contributed by atoms with Gasteiger partial charge >= 0.3 is 12.2 Å². The standard InChI is InChI=1S/C20H18F3N5O3/c1-11-28(15-7-2-12(9-24)16(8-15)20(21,22)23)10-17(31-11)18(29)26-13-3-5-14(6-4-13)27-19(25)30/h2-8,11,17H,10H2,1H3,(H,26,29)(H3,25,27,30)/t11-,17+/m1/s1. The molecule has 0 spiro atoms. The van der Waals surface area contributed by atoms with Gasteiger partial charge in [-0.25, -0.2) is 4.79 Å². The van der Waals surface area contributed by atoms with E-state index in [1.165, 1.54) is 17.0 Å². The summed E-state index contributed by atoms with van der Waals surface area (Å²) in [6, 6.07) is 10.4. The lowest BCUT2D eigenvalue weighted by Crippen LogP contribution is -2.32. The molecule has 11 heteroatoms. The van der Waals surface area contributed by atoms with Gasteiger partial charge in [0.2, 0.25) is 0 Å². The Morgan fingerprint density at radius 2 is 1.77 bits per heavy atom. The smallest absolute Gasteiger partial charge is 0.351 e. The number of carbonyl (C=O) groups is 2. The highest BCUT2D eigenvalue weighted by Gasteiger charge is 2.38. The predicted octanol–water partition coefficient (Wildman–Crippen LogP) is 3.26. The zero-order valence-corrected chi connectivity index (χ0v) is 16.2. The minimum atomic E-state index is -4.68. The van der Waals surface area contributed by atoms with Gasteiger partial charge < -0.3 is 26.0 Å². The molecule has 162 valence electrons. The normalized spacial score (nSPS) is 18.4. The second-order valence-electron chi connectivity index (χ2n) is 6.77. The number of rotatable bonds is 4. The third-order valence-electron chi connectivity index (χ3n) is 4.64. The maximum atomic E-state index is 13.2. The van der Waals surface area contributed by atoms with Crippen LogP contribution < -0.4 is 21.3 Å². The van der Waals surface area contributed by atoms with Gasteiger partial charge in [-0.3, -0.25) is 4.79 Å². The van der Waals surface area contributed by atoms with Gasteiger partial charge in [-0.15, -0.1) is 0 Å². The third-order valence-corrected chi connectivity index (χ3v) is 4.64. The Morgan fingerprint density at radius 1 is 1.16 bits per heavy atom. The number of nitrogens with two attached hydrogens (primary N) is 1. The predicted molar refractivity (Wildman–Crippen MR) is 106 cm³/mol. The first-order chi connectivity index (χ1) is 14.6. The molecule has 1 saturated heterocycles. The Kier molecular flexibility index (Phi) is 6.03. The number of nitrogens with one attached hydrogen (secondary N) is 2. The van der Waals surface area contributed by atoms with Crippen LogP contribution in [0.25, 0.3) is 0 Å². The van der Waals surface area contributed by atoms with E-state index in [0.29, 0.717) is 11.4 Å². The maximum absolute atomic E-state index is 13.2. The average Bonchev–Trinajstić information content (AvgIpc) is 3.09. The first-order valence-electron chi connectivity index (χ1n) is 9.09. The molecule has 0 aromatic heterocycles. The van der Waals surface area contributed by atoms with Crippen LogP contribution >= 0.6 is 0 Å². The van der Waals surface area contributed by atoms with Crippen LogP contribution in [0.2, 0.25) is 0 Å². The summed E-state index contributed by atoms with van der Waals surface area (Å²) in [5, 5.41) is 14.0. The van der Waals surface area contributed by atoms with Crippen molar-refractivity contribution in [1.29, 1.82) is 5.26 Å². The Hall–Kier alpha value is -3.78. The largest absolute Gasteiger partial charge is 0.417 e. The average molecular weight is 433 g/mol. The molecule has 31 heavy (non-hydrogen) atoms. The second kappa shape index (κ2) is 8.53. The summed E-state index contributed by atoms with van der Waals surface area (Å²) < 4.78 is 45.4. The molecule has 0 aliphatic carbocycles. The molecule has 0 radical (unpaired) electrons. The van der Waals surface area contributed by atoms with Crippen molar-refractivity contribution >= 4 is 29.0 Å². The fraction of sp³-hybridized carbons (Fsp3) is 0.250. The van der Waals surface area contributed by atoms with Crippen LogP contribution in [-0.4, -0.2) is 30.8 Å². The third kappa shape index (κ3) is 5.04. The molecular weight excluding hydrogens is 415 g/mol. The molecule has 2 aromatic rings. The quantitative estimate of drug-likeness (QED) is 0.684. The minimum absolute atomic E-state index is 0.0253. The number of primary amides is 1. The molecule has 0 bridgehead atoms. The molecule has 4 N–H and O–H groups in total. The van der Waals surface area contributed by atoms with Gasteiger partial charge in [-0.2, -0.15) is 18.4 Å². The molecule has 1 heterocycles. The highest BCUT2D eigenvalue weighted by molar-refractivity contribution is 5.95. The number of benzene rings is 2. The van der Waals surface area contributed by atoms with Crippen molar-refractivity contribution in [2.75, 3.05) is 22.1 Å². The highest BCUT2D eigenvalue weighted by atomic mass is 19.4. The molecular formula is C20H18F3N5O3. The van der Waals surface area contributed by atoms with Gasteiger partial charge in [-0.05, 0) is 49.4 Å². The SMILES string of the molecule is C[C@H]1O[C@H](C(=O)Nc2ccc(NC(N)=O)cc2)CN1c1ccc(C#N)c(C(F)(F)F)c1. The van der Waals surface area contributed by atoms with Crippen molar-refractivity contribution in [3.63, 3.8) is 0 Å². The van der Waals surface area contributed by atoms with Crippen LogP contribution in [0.5, 0.6) is 0 Å². The van der Waals surface area contributed by atoms with Crippen molar-refractivity contribution < 1.29 is 27.5 Å². The Labute approximate surface area is 175 Å². The molecule has 1 fully saturated rings. The first kappa shape index (κ1) is 21.9. The molecule has 0 unspecified atom stereocenters. The lowest BCUT2D eigenvalue weighted by Gasteiger charge is -2.23. The summed E-state index contributed by atoms with van der Waals surface area (Å²) in [5.74, 6) is -0.477. The number of nitrogens with zero attached hydrogens (tertiary/aromatic N) is 2. The van der Waals surface area contributed by atoms with Crippen LogP contribution in [0.3, 0.4) is 0 Å². The van der Waals surface area contributed by atoms with Crippen molar-refractivity contribution in [3.8, 4) is 6.07 Å². The topological polar surface area (TPSA) is 120 Å². The molecule has 2 aromatic carbocycles. The van der Waals surface area contributed by atoms with E-state index in [1.54, 1.807) is 31.2 Å². The molecule has 2 atom stereocenters. The van der Waals surface area contributed by atoms with Crippen LogP contribution in [0.4, 0.5) is 35.0 Å². The lowest BCUT2D eigenvalue weighted by molar-refractivity contribution is -0.137. The molecule has 3 rings (SSSR count). The van der Waals surface area contributed by atoms with Gasteiger partial charge in [0, 0.05) is 17.1 Å². The number of halogens is 3. The monoisotopic (exact) mass is 433 g/mol. The van der Waals surface area contributed by atoms with E-state index >= 15 is 0 Å². The second-order valence-corrected chi connectivity index (χ2v) is 6.77. The van der Waals surface area contributed by atoms with Crippen molar-refractivity contribution in [1.82, 2.24) is 0 Å². The van der Waals surface area contributed by atoms with E-state index in [-0.39, 0.29) is 12.2 Å². The number of alkyl halides is 3. The van der Waals surface area contributed by atoms with E-state index in [1.807, 2.05) is 0 Å². The maximum Gasteiger partial charge on any atom is 0.417 e. The van der Waals surface area contributed by atoms with Crippen LogP contribution in [0.1, 0.15) is 18.1 Å². The Morgan fingerprint density at radius 3 is 2.32 bits per heavy atom. The summed E-state index contributed by atoms with van der Waals surface area (Å²) >= 11 is 0. The summed E-state index contributed by atoms with van der Waals surface area (Å²) in [6.07, 6.45) is -6.27. The molecule has 8 nitrogen and oxygen atoms in total. The molecule has 1 aliphatic rings. The van der Waals surface area contributed by atoms with E-state index in [2.05, 4.69) is 10.6 Å². The van der Waals surface area contributed by atoms with Crippen molar-refractivity contribution in [3.05, 3.63) is 53.6 Å². The minimum Gasteiger partial charge on any atom is -0.351 e. The van der Waals surface area contributed by atoms with E-state index in [0.717, 1.165) is 12.1 Å². The lowest BCUT2D eigenvalue weighted by atomic mass is 10.1. The number of nitriles is 1. The van der Waals surface area contributed by atoms with Gasteiger partial charge in [-0.1, -0.05) is 0 Å².